The first kappa shape index (κ1) is 8.75. The van der Waals surface area contributed by atoms with Crippen LogP contribution in [0.2, 0.25) is 0 Å². The molecular weight excluding hydrogens is 168 g/mol. The van der Waals surface area contributed by atoms with Crippen molar-refractivity contribution in [1.82, 2.24) is 0 Å². The van der Waals surface area contributed by atoms with Gasteiger partial charge >= 0.3 is 5.97 Å². The van der Waals surface area contributed by atoms with Crippen LogP contribution in [-0.4, -0.2) is 24.3 Å². The number of carbonyl (C=O) groups excluding carboxylic acids is 1. The topological polar surface area (TPSA) is 46.5 Å². The zero-order valence-corrected chi connectivity index (χ0v) is 7.69. The van der Waals surface area contributed by atoms with Gasteiger partial charge in [0.05, 0.1) is 13.2 Å². The Hall–Kier alpha value is -0.830. The highest BCUT2D eigenvalue weighted by atomic mass is 16.5. The number of aliphatic hydroxyl groups excluding tert-OH is 1. The summed E-state index contributed by atoms with van der Waals surface area (Å²) in [7, 11) is 1.39. The maximum absolute atomic E-state index is 11.3. The molecule has 1 saturated carbocycles. The standard InChI is InChI=1S/C10H14O3/c1-13-10(12)7-4-2-6-3-5-8(11)9(6)7/h4,6,8-9,11H,2-3,5H2,1H3/t6-,8+,9+/m0/s1. The van der Waals surface area contributed by atoms with Crippen LogP contribution in [0.4, 0.5) is 0 Å². The van der Waals surface area contributed by atoms with Gasteiger partial charge in [0.2, 0.25) is 0 Å². The third kappa shape index (κ3) is 1.27. The Balaban J connectivity index is 2.17. The second-order valence-corrected chi connectivity index (χ2v) is 3.82. The molecule has 13 heavy (non-hydrogen) atoms. The van der Waals surface area contributed by atoms with Gasteiger partial charge in [-0.05, 0) is 25.2 Å². The highest BCUT2D eigenvalue weighted by Crippen LogP contribution is 2.44. The quantitative estimate of drug-likeness (QED) is 0.612. The Labute approximate surface area is 77.4 Å². The molecule has 3 atom stereocenters. The summed E-state index contributed by atoms with van der Waals surface area (Å²) in [5, 5.41) is 9.67. The van der Waals surface area contributed by atoms with Gasteiger partial charge in [-0.25, -0.2) is 4.79 Å². The largest absolute Gasteiger partial charge is 0.466 e. The molecule has 0 saturated heterocycles. The molecule has 0 spiro atoms. The van der Waals surface area contributed by atoms with Crippen LogP contribution in [-0.2, 0) is 9.53 Å². The van der Waals surface area contributed by atoms with Crippen LogP contribution in [0, 0.1) is 11.8 Å². The molecule has 2 aliphatic carbocycles. The summed E-state index contributed by atoms with van der Waals surface area (Å²) in [6.45, 7) is 0. The van der Waals surface area contributed by atoms with Crippen LogP contribution >= 0.6 is 0 Å². The summed E-state index contributed by atoms with van der Waals surface area (Å²) >= 11 is 0. The fraction of sp³-hybridized carbons (Fsp3) is 0.700. The highest BCUT2D eigenvalue weighted by molar-refractivity contribution is 5.89. The molecule has 0 heterocycles. The Morgan fingerprint density at radius 2 is 2.38 bits per heavy atom. The Bertz CT molecular complexity index is 257. The Morgan fingerprint density at radius 3 is 3.08 bits per heavy atom. The number of hydrogen-bond acceptors (Lipinski definition) is 3. The lowest BCUT2D eigenvalue weighted by Gasteiger charge is -2.16. The van der Waals surface area contributed by atoms with E-state index in [9.17, 15) is 9.90 Å². The van der Waals surface area contributed by atoms with E-state index >= 15 is 0 Å². The predicted molar refractivity (Wildman–Crippen MR) is 46.9 cm³/mol. The number of methoxy groups -OCH3 is 1. The summed E-state index contributed by atoms with van der Waals surface area (Å²) in [6, 6.07) is 0. The van der Waals surface area contributed by atoms with E-state index in [1.807, 2.05) is 6.08 Å². The van der Waals surface area contributed by atoms with Crippen LogP contribution in [0.25, 0.3) is 0 Å². The van der Waals surface area contributed by atoms with Crippen molar-refractivity contribution in [3.05, 3.63) is 11.6 Å². The van der Waals surface area contributed by atoms with Gasteiger partial charge in [0.15, 0.2) is 0 Å². The van der Waals surface area contributed by atoms with Crippen molar-refractivity contribution in [1.29, 1.82) is 0 Å². The summed E-state index contributed by atoms with van der Waals surface area (Å²) in [6.07, 6.45) is 4.36. The van der Waals surface area contributed by atoms with Crippen LogP contribution in [0.5, 0.6) is 0 Å². The number of ether oxygens (including phenoxy) is 1. The SMILES string of the molecule is COC(=O)C1=CC[C@H]2CC[C@@H](O)[C@@H]12. The normalized spacial score (nSPS) is 37.1. The molecule has 0 bridgehead atoms. The third-order valence-electron chi connectivity index (χ3n) is 3.18. The van der Waals surface area contributed by atoms with Crippen molar-refractivity contribution >= 4 is 5.97 Å². The number of hydrogen-bond donors (Lipinski definition) is 1. The molecule has 0 aromatic rings. The van der Waals surface area contributed by atoms with Crippen LogP contribution in [0.15, 0.2) is 11.6 Å². The van der Waals surface area contributed by atoms with Crippen molar-refractivity contribution in [2.75, 3.05) is 7.11 Å². The van der Waals surface area contributed by atoms with E-state index in [-0.39, 0.29) is 18.0 Å². The average Bonchev–Trinajstić information content (AvgIpc) is 2.68. The van der Waals surface area contributed by atoms with E-state index in [2.05, 4.69) is 4.74 Å². The van der Waals surface area contributed by atoms with Crippen LogP contribution in [0.1, 0.15) is 19.3 Å². The number of carbonyl (C=O) groups is 1. The maximum Gasteiger partial charge on any atom is 0.333 e. The summed E-state index contributed by atoms with van der Waals surface area (Å²) in [5.74, 6) is 0.255. The van der Waals surface area contributed by atoms with E-state index in [1.54, 1.807) is 0 Å². The monoisotopic (exact) mass is 182 g/mol. The lowest BCUT2D eigenvalue weighted by molar-refractivity contribution is -0.137. The number of fused-ring (bicyclic) bond motifs is 1. The molecule has 0 aromatic heterocycles. The number of allylic oxidation sites excluding steroid dienone is 1. The molecule has 72 valence electrons. The van der Waals surface area contributed by atoms with Gasteiger partial charge in [-0.3, -0.25) is 0 Å². The van der Waals surface area contributed by atoms with Gasteiger partial charge < -0.3 is 9.84 Å². The lowest BCUT2D eigenvalue weighted by atomic mass is 9.93. The molecule has 3 nitrogen and oxygen atoms in total. The van der Waals surface area contributed by atoms with E-state index in [0.29, 0.717) is 11.5 Å². The first-order valence-electron chi connectivity index (χ1n) is 4.70. The van der Waals surface area contributed by atoms with E-state index in [1.165, 1.54) is 7.11 Å². The summed E-state index contributed by atoms with van der Waals surface area (Å²) in [5.41, 5.74) is 0.692. The molecule has 3 heteroatoms. The lowest BCUT2D eigenvalue weighted by Crippen LogP contribution is -2.22. The Morgan fingerprint density at radius 1 is 1.62 bits per heavy atom. The molecule has 0 aliphatic heterocycles. The van der Waals surface area contributed by atoms with E-state index in [0.717, 1.165) is 19.3 Å². The van der Waals surface area contributed by atoms with Gasteiger partial charge in [-0.2, -0.15) is 0 Å². The van der Waals surface area contributed by atoms with Crippen molar-refractivity contribution in [3.8, 4) is 0 Å². The third-order valence-corrected chi connectivity index (χ3v) is 3.18. The molecule has 1 fully saturated rings. The van der Waals surface area contributed by atoms with Gasteiger partial charge in [-0.15, -0.1) is 0 Å². The van der Waals surface area contributed by atoms with Gasteiger partial charge in [0.25, 0.3) is 0 Å². The molecule has 2 rings (SSSR count). The maximum atomic E-state index is 11.3. The molecular formula is C10H14O3. The smallest absolute Gasteiger partial charge is 0.333 e. The predicted octanol–water partition coefficient (Wildman–Crippen LogP) is 0.877. The number of rotatable bonds is 1. The minimum atomic E-state index is -0.335. The van der Waals surface area contributed by atoms with Crippen molar-refractivity contribution in [3.63, 3.8) is 0 Å². The highest BCUT2D eigenvalue weighted by Gasteiger charge is 2.42. The summed E-state index contributed by atoms with van der Waals surface area (Å²) in [4.78, 5) is 11.3. The van der Waals surface area contributed by atoms with Crippen molar-refractivity contribution < 1.29 is 14.6 Å². The average molecular weight is 182 g/mol. The second-order valence-electron chi connectivity index (χ2n) is 3.82. The minimum Gasteiger partial charge on any atom is -0.466 e. The Kier molecular flexibility index (Phi) is 2.12. The second kappa shape index (κ2) is 3.14. The molecule has 0 aromatic carbocycles. The number of esters is 1. The van der Waals surface area contributed by atoms with Gasteiger partial charge in [0, 0.05) is 11.5 Å². The molecule has 2 aliphatic rings. The first-order chi connectivity index (χ1) is 6.24. The zero-order valence-electron chi connectivity index (χ0n) is 7.69. The van der Waals surface area contributed by atoms with E-state index in [4.69, 9.17) is 0 Å². The van der Waals surface area contributed by atoms with Crippen molar-refractivity contribution in [2.45, 2.75) is 25.4 Å². The molecule has 1 N–H and O–H groups in total. The molecule has 0 amide bonds. The van der Waals surface area contributed by atoms with E-state index < -0.39 is 0 Å². The van der Waals surface area contributed by atoms with Crippen LogP contribution < -0.4 is 0 Å². The fourth-order valence-corrected chi connectivity index (χ4v) is 2.54. The first-order valence-corrected chi connectivity index (χ1v) is 4.70. The molecule has 0 radical (unpaired) electrons. The molecule has 0 unspecified atom stereocenters. The van der Waals surface area contributed by atoms with Gasteiger partial charge in [-0.1, -0.05) is 6.08 Å². The van der Waals surface area contributed by atoms with Gasteiger partial charge in [0.1, 0.15) is 0 Å². The summed E-state index contributed by atoms with van der Waals surface area (Å²) < 4.78 is 4.67. The van der Waals surface area contributed by atoms with Crippen molar-refractivity contribution in [2.24, 2.45) is 11.8 Å². The fourth-order valence-electron chi connectivity index (χ4n) is 2.54. The zero-order chi connectivity index (χ0) is 9.42. The minimum absolute atomic E-state index is 0.0486. The number of aliphatic hydroxyl groups is 1. The van der Waals surface area contributed by atoms with Crippen LogP contribution in [0.3, 0.4) is 0 Å².